The summed E-state index contributed by atoms with van der Waals surface area (Å²) < 4.78 is 27.4. The molecular weight excluding hydrogens is 326 g/mol. The lowest BCUT2D eigenvalue weighted by molar-refractivity contribution is 0.583. The molecule has 0 atom stereocenters. The molecule has 2 aromatic rings. The van der Waals surface area contributed by atoms with E-state index < -0.39 is 10.0 Å². The summed E-state index contributed by atoms with van der Waals surface area (Å²) in [6.07, 6.45) is 4.21. The molecule has 0 aromatic carbocycles. The number of aryl methyl sites for hydroxylation is 1. The van der Waals surface area contributed by atoms with Gasteiger partial charge in [0.05, 0.1) is 6.54 Å². The lowest BCUT2D eigenvalue weighted by Gasteiger charge is -2.02. The standard InChI is InChI=1S/C13H17N3O2S3/c1-9-6-15-12(19-9)8-16-21(17,18)13-5-4-11(20-13)7-14-10-2-3-10/h4-6,10,14,16H,2-3,7-8H2,1H3. The van der Waals surface area contributed by atoms with Crippen LogP contribution in [0.2, 0.25) is 0 Å². The molecule has 2 aromatic heterocycles. The normalized spacial score (nSPS) is 15.5. The molecular formula is C13H17N3O2S3. The minimum Gasteiger partial charge on any atom is -0.309 e. The Balaban J connectivity index is 1.60. The van der Waals surface area contributed by atoms with Gasteiger partial charge in [-0.05, 0) is 31.9 Å². The van der Waals surface area contributed by atoms with Crippen molar-refractivity contribution in [1.29, 1.82) is 0 Å². The third-order valence-corrected chi connectivity index (χ3v) is 7.02. The van der Waals surface area contributed by atoms with Crippen LogP contribution < -0.4 is 10.0 Å². The molecule has 1 saturated carbocycles. The maximum Gasteiger partial charge on any atom is 0.250 e. The van der Waals surface area contributed by atoms with Crippen LogP contribution in [0.3, 0.4) is 0 Å². The number of thiazole rings is 1. The van der Waals surface area contributed by atoms with Gasteiger partial charge in [0.25, 0.3) is 0 Å². The maximum atomic E-state index is 12.2. The summed E-state index contributed by atoms with van der Waals surface area (Å²) in [5.74, 6) is 0. The van der Waals surface area contributed by atoms with E-state index in [1.54, 1.807) is 12.3 Å². The summed E-state index contributed by atoms with van der Waals surface area (Å²) >= 11 is 2.82. The van der Waals surface area contributed by atoms with E-state index >= 15 is 0 Å². The van der Waals surface area contributed by atoms with Crippen LogP contribution in [-0.4, -0.2) is 19.4 Å². The van der Waals surface area contributed by atoms with Crippen LogP contribution in [0, 0.1) is 6.92 Å². The monoisotopic (exact) mass is 343 g/mol. The van der Waals surface area contributed by atoms with Crippen LogP contribution >= 0.6 is 22.7 Å². The first-order chi connectivity index (χ1) is 10.0. The molecule has 5 nitrogen and oxygen atoms in total. The Morgan fingerprint density at radius 1 is 1.29 bits per heavy atom. The SMILES string of the molecule is Cc1cnc(CNS(=O)(=O)c2ccc(CNC3CC3)s2)s1. The van der Waals surface area contributed by atoms with Crippen molar-refractivity contribution in [3.8, 4) is 0 Å². The fraction of sp³-hybridized carbons (Fsp3) is 0.462. The Morgan fingerprint density at radius 2 is 2.10 bits per heavy atom. The predicted octanol–water partition coefficient (Wildman–Crippen LogP) is 2.24. The lowest BCUT2D eigenvalue weighted by Crippen LogP contribution is -2.22. The molecule has 0 saturated heterocycles. The second-order valence-electron chi connectivity index (χ2n) is 5.07. The molecule has 1 aliphatic rings. The highest BCUT2D eigenvalue weighted by atomic mass is 32.2. The zero-order valence-electron chi connectivity index (χ0n) is 11.6. The van der Waals surface area contributed by atoms with Crippen LogP contribution in [0.1, 0.15) is 27.6 Å². The maximum absolute atomic E-state index is 12.2. The number of nitrogens with zero attached hydrogens (tertiary/aromatic N) is 1. The van der Waals surface area contributed by atoms with Crippen molar-refractivity contribution in [3.05, 3.63) is 33.1 Å². The molecule has 2 heterocycles. The smallest absolute Gasteiger partial charge is 0.250 e. The van der Waals surface area contributed by atoms with Crippen molar-refractivity contribution in [2.45, 2.75) is 43.1 Å². The fourth-order valence-electron chi connectivity index (χ4n) is 1.84. The summed E-state index contributed by atoms with van der Waals surface area (Å²) in [5.41, 5.74) is 0. The van der Waals surface area contributed by atoms with Crippen molar-refractivity contribution in [2.75, 3.05) is 0 Å². The summed E-state index contributed by atoms with van der Waals surface area (Å²) in [5, 5.41) is 4.17. The van der Waals surface area contributed by atoms with E-state index in [1.165, 1.54) is 35.5 Å². The van der Waals surface area contributed by atoms with Crippen LogP contribution in [0.25, 0.3) is 0 Å². The van der Waals surface area contributed by atoms with E-state index in [9.17, 15) is 8.42 Å². The van der Waals surface area contributed by atoms with E-state index in [2.05, 4.69) is 15.0 Å². The molecule has 8 heteroatoms. The van der Waals surface area contributed by atoms with Crippen molar-refractivity contribution in [2.24, 2.45) is 0 Å². The lowest BCUT2D eigenvalue weighted by atomic mass is 10.4. The Labute approximate surface area is 132 Å². The van der Waals surface area contributed by atoms with Crippen molar-refractivity contribution in [1.82, 2.24) is 15.0 Å². The second kappa shape index (κ2) is 6.13. The summed E-state index contributed by atoms with van der Waals surface area (Å²) in [6.45, 7) is 2.94. The molecule has 0 unspecified atom stereocenters. The highest BCUT2D eigenvalue weighted by Crippen LogP contribution is 2.24. The van der Waals surface area contributed by atoms with Crippen molar-refractivity contribution in [3.63, 3.8) is 0 Å². The Bertz CT molecular complexity index is 717. The van der Waals surface area contributed by atoms with Gasteiger partial charge in [-0.2, -0.15) is 0 Å². The third kappa shape index (κ3) is 4.10. The van der Waals surface area contributed by atoms with E-state index in [0.717, 1.165) is 21.3 Å². The first-order valence-corrected chi connectivity index (χ1v) is 9.87. The van der Waals surface area contributed by atoms with E-state index in [0.29, 0.717) is 10.3 Å². The van der Waals surface area contributed by atoms with Crippen LogP contribution in [0.5, 0.6) is 0 Å². The van der Waals surface area contributed by atoms with Gasteiger partial charge in [-0.3, -0.25) is 0 Å². The van der Waals surface area contributed by atoms with Crippen LogP contribution in [-0.2, 0) is 23.1 Å². The number of thiophene rings is 1. The van der Waals surface area contributed by atoms with Gasteiger partial charge in [-0.15, -0.1) is 22.7 Å². The predicted molar refractivity (Wildman–Crippen MR) is 85.1 cm³/mol. The minimum absolute atomic E-state index is 0.244. The third-order valence-electron chi connectivity index (χ3n) is 3.13. The van der Waals surface area contributed by atoms with Crippen molar-refractivity contribution < 1.29 is 8.42 Å². The molecule has 0 radical (unpaired) electrons. The molecule has 114 valence electrons. The van der Waals surface area contributed by atoms with Gasteiger partial charge in [0.2, 0.25) is 10.0 Å². The molecule has 21 heavy (non-hydrogen) atoms. The second-order valence-corrected chi connectivity index (χ2v) is 9.55. The van der Waals surface area contributed by atoms with E-state index in [4.69, 9.17) is 0 Å². The van der Waals surface area contributed by atoms with Crippen LogP contribution in [0.15, 0.2) is 22.5 Å². The topological polar surface area (TPSA) is 71.1 Å². The number of aromatic nitrogens is 1. The van der Waals surface area contributed by atoms with Gasteiger partial charge in [-0.1, -0.05) is 0 Å². The number of rotatable bonds is 7. The zero-order chi connectivity index (χ0) is 14.9. The quantitative estimate of drug-likeness (QED) is 0.809. The first kappa shape index (κ1) is 15.1. The largest absolute Gasteiger partial charge is 0.309 e. The summed E-state index contributed by atoms with van der Waals surface area (Å²) in [4.78, 5) is 6.28. The van der Waals surface area contributed by atoms with Gasteiger partial charge in [0, 0.05) is 28.5 Å². The highest BCUT2D eigenvalue weighted by molar-refractivity contribution is 7.91. The molecule has 0 bridgehead atoms. The van der Waals surface area contributed by atoms with Gasteiger partial charge < -0.3 is 5.32 Å². The van der Waals surface area contributed by atoms with Gasteiger partial charge in [0.15, 0.2) is 0 Å². The van der Waals surface area contributed by atoms with Crippen molar-refractivity contribution >= 4 is 32.7 Å². The van der Waals surface area contributed by atoms with E-state index in [-0.39, 0.29) is 6.54 Å². The van der Waals surface area contributed by atoms with Crippen LogP contribution in [0.4, 0.5) is 0 Å². The molecule has 0 amide bonds. The average Bonchev–Trinajstić information content (AvgIpc) is 2.97. The Morgan fingerprint density at radius 3 is 2.76 bits per heavy atom. The van der Waals surface area contributed by atoms with Gasteiger partial charge >= 0.3 is 0 Å². The van der Waals surface area contributed by atoms with Gasteiger partial charge in [0.1, 0.15) is 9.22 Å². The van der Waals surface area contributed by atoms with E-state index in [1.807, 2.05) is 13.0 Å². The molecule has 3 rings (SSSR count). The highest BCUT2D eigenvalue weighted by Gasteiger charge is 2.21. The average molecular weight is 343 g/mol. The Kier molecular flexibility index (Phi) is 4.41. The summed E-state index contributed by atoms with van der Waals surface area (Å²) in [7, 11) is -3.44. The van der Waals surface area contributed by atoms with Gasteiger partial charge in [-0.25, -0.2) is 18.1 Å². The molecule has 1 aliphatic carbocycles. The minimum atomic E-state index is -3.44. The first-order valence-electron chi connectivity index (χ1n) is 6.76. The number of hydrogen-bond acceptors (Lipinski definition) is 6. The number of hydrogen-bond donors (Lipinski definition) is 2. The molecule has 1 fully saturated rings. The zero-order valence-corrected chi connectivity index (χ0v) is 14.1. The molecule has 2 N–H and O–H groups in total. The molecule has 0 spiro atoms. The fourth-order valence-corrected chi connectivity index (χ4v) is 5.00. The Hall–Kier alpha value is -0.800. The number of sulfonamides is 1. The summed E-state index contributed by atoms with van der Waals surface area (Å²) in [6, 6.07) is 4.17. The number of nitrogens with one attached hydrogen (secondary N) is 2. The molecule has 0 aliphatic heterocycles.